The van der Waals surface area contributed by atoms with Gasteiger partial charge in [0, 0.05) is 0 Å². The molecule has 3 nitrogen and oxygen atoms in total. The van der Waals surface area contributed by atoms with Crippen LogP contribution in [-0.2, 0) is 4.79 Å². The van der Waals surface area contributed by atoms with Gasteiger partial charge in [-0.2, -0.15) is 0 Å². The van der Waals surface area contributed by atoms with Gasteiger partial charge in [0.15, 0.2) is 0 Å². The number of aliphatic carboxylic acids is 1. The van der Waals surface area contributed by atoms with Gasteiger partial charge in [-0.05, 0) is 23.0 Å². The Morgan fingerprint density at radius 3 is 2.23 bits per heavy atom. The minimum atomic E-state index is -1.41. The smallest absolute Gasteiger partial charge is 0.335 e. The molecule has 0 saturated heterocycles. The molecule has 74 valence electrons. The van der Waals surface area contributed by atoms with E-state index in [-0.39, 0.29) is 5.57 Å². The van der Waals surface area contributed by atoms with Crippen molar-refractivity contribution in [3.8, 4) is 0 Å². The first-order valence-electron chi connectivity index (χ1n) is 3.82. The van der Waals surface area contributed by atoms with Gasteiger partial charge in [-0.3, -0.25) is 0 Å². The second-order valence-corrected chi connectivity index (χ2v) is 3.44. The van der Waals surface area contributed by atoms with E-state index in [4.69, 9.17) is 5.11 Å². The lowest BCUT2D eigenvalue weighted by Crippen LogP contribution is -2.35. The second-order valence-electron chi connectivity index (χ2n) is 2.82. The molecule has 2 N–H and O–H groups in total. The SMILES string of the molecule is C=C(C)C(O)(CC)C(=CI)C(=O)O. The van der Waals surface area contributed by atoms with E-state index in [2.05, 4.69) is 6.58 Å². The molecule has 0 fully saturated rings. The number of hydrogen-bond acceptors (Lipinski definition) is 2. The maximum Gasteiger partial charge on any atom is 0.335 e. The monoisotopic (exact) mass is 296 g/mol. The normalized spacial score (nSPS) is 16.5. The summed E-state index contributed by atoms with van der Waals surface area (Å²) in [6, 6.07) is 0. The number of carbonyl (C=O) groups is 1. The van der Waals surface area contributed by atoms with Gasteiger partial charge in [0.25, 0.3) is 0 Å². The molecular formula is C9H13IO3. The second kappa shape index (κ2) is 4.76. The minimum Gasteiger partial charge on any atom is -0.478 e. The molecule has 0 radical (unpaired) electrons. The van der Waals surface area contributed by atoms with Crippen LogP contribution in [-0.4, -0.2) is 21.8 Å². The molecule has 0 saturated carbocycles. The summed E-state index contributed by atoms with van der Waals surface area (Å²) in [4.78, 5) is 10.8. The Kier molecular flexibility index (Phi) is 4.63. The zero-order valence-electron chi connectivity index (χ0n) is 7.67. The molecule has 1 unspecified atom stereocenters. The van der Waals surface area contributed by atoms with Crippen molar-refractivity contribution in [2.45, 2.75) is 25.9 Å². The van der Waals surface area contributed by atoms with E-state index in [1.165, 1.54) is 4.08 Å². The van der Waals surface area contributed by atoms with E-state index < -0.39 is 11.6 Å². The lowest BCUT2D eigenvalue weighted by molar-refractivity contribution is -0.134. The first-order chi connectivity index (χ1) is 5.90. The predicted molar refractivity (Wildman–Crippen MR) is 59.8 cm³/mol. The van der Waals surface area contributed by atoms with Gasteiger partial charge in [-0.1, -0.05) is 36.1 Å². The van der Waals surface area contributed by atoms with Crippen LogP contribution in [0.3, 0.4) is 0 Å². The van der Waals surface area contributed by atoms with E-state index >= 15 is 0 Å². The van der Waals surface area contributed by atoms with Gasteiger partial charge in [-0.15, -0.1) is 0 Å². The van der Waals surface area contributed by atoms with Gasteiger partial charge in [-0.25, -0.2) is 4.79 Å². The Morgan fingerprint density at radius 2 is 2.15 bits per heavy atom. The van der Waals surface area contributed by atoms with Crippen molar-refractivity contribution >= 4 is 28.6 Å². The molecule has 0 aliphatic carbocycles. The summed E-state index contributed by atoms with van der Waals surface area (Å²) in [6.45, 7) is 6.93. The lowest BCUT2D eigenvalue weighted by Gasteiger charge is -2.27. The number of halogens is 1. The fraction of sp³-hybridized carbons (Fsp3) is 0.444. The Hall–Kier alpha value is -0.360. The topological polar surface area (TPSA) is 57.5 Å². The van der Waals surface area contributed by atoms with Crippen molar-refractivity contribution < 1.29 is 15.0 Å². The van der Waals surface area contributed by atoms with Crippen LogP contribution in [0.15, 0.2) is 21.8 Å². The van der Waals surface area contributed by atoms with Crippen LogP contribution in [0.1, 0.15) is 20.3 Å². The molecule has 0 bridgehead atoms. The molecule has 1 atom stereocenters. The maximum atomic E-state index is 10.8. The van der Waals surface area contributed by atoms with E-state index in [1.54, 1.807) is 36.4 Å². The third kappa shape index (κ3) is 2.54. The van der Waals surface area contributed by atoms with Gasteiger partial charge in [0.1, 0.15) is 5.60 Å². The van der Waals surface area contributed by atoms with Crippen LogP contribution < -0.4 is 0 Å². The molecule has 0 aromatic rings. The first kappa shape index (κ1) is 12.6. The zero-order valence-corrected chi connectivity index (χ0v) is 9.83. The number of rotatable bonds is 4. The van der Waals surface area contributed by atoms with Crippen molar-refractivity contribution in [1.82, 2.24) is 0 Å². The van der Waals surface area contributed by atoms with Gasteiger partial charge >= 0.3 is 5.97 Å². The molecule has 0 aromatic carbocycles. The average Bonchev–Trinajstić information content (AvgIpc) is 2.04. The van der Waals surface area contributed by atoms with E-state index in [0.717, 1.165) is 0 Å². The van der Waals surface area contributed by atoms with E-state index in [9.17, 15) is 9.90 Å². The predicted octanol–water partition coefficient (Wildman–Crippen LogP) is 2.11. The Bertz CT molecular complexity index is 258. The number of aliphatic hydroxyl groups is 1. The van der Waals surface area contributed by atoms with Crippen molar-refractivity contribution in [2.24, 2.45) is 0 Å². The zero-order chi connectivity index (χ0) is 10.6. The maximum absolute atomic E-state index is 10.8. The highest BCUT2D eigenvalue weighted by atomic mass is 127. The number of carboxylic acids is 1. The summed E-state index contributed by atoms with van der Waals surface area (Å²) in [5.74, 6) is -1.11. The third-order valence-electron chi connectivity index (χ3n) is 2.00. The Morgan fingerprint density at radius 1 is 1.69 bits per heavy atom. The highest BCUT2D eigenvalue weighted by molar-refractivity contribution is 14.1. The molecule has 0 spiro atoms. The van der Waals surface area contributed by atoms with Crippen LogP contribution in [0.5, 0.6) is 0 Å². The summed E-state index contributed by atoms with van der Waals surface area (Å²) in [7, 11) is 0. The number of carboxylic acid groups (broad SMARTS) is 1. The largest absolute Gasteiger partial charge is 0.478 e. The van der Waals surface area contributed by atoms with Crippen molar-refractivity contribution in [1.29, 1.82) is 0 Å². The fourth-order valence-corrected chi connectivity index (χ4v) is 1.82. The summed E-state index contributed by atoms with van der Waals surface area (Å²) >= 11 is 1.80. The van der Waals surface area contributed by atoms with Gasteiger partial charge < -0.3 is 10.2 Å². The van der Waals surface area contributed by atoms with Crippen molar-refractivity contribution in [2.75, 3.05) is 0 Å². The lowest BCUT2D eigenvalue weighted by atomic mass is 9.86. The summed E-state index contributed by atoms with van der Waals surface area (Å²) in [6.07, 6.45) is 0.309. The summed E-state index contributed by atoms with van der Waals surface area (Å²) < 4.78 is 1.37. The highest BCUT2D eigenvalue weighted by Crippen LogP contribution is 2.29. The molecule has 4 heteroatoms. The molecule has 0 aliphatic rings. The molecule has 0 heterocycles. The van der Waals surface area contributed by atoms with Crippen LogP contribution in [0.2, 0.25) is 0 Å². The van der Waals surface area contributed by atoms with Crippen LogP contribution in [0.25, 0.3) is 0 Å². The molecule has 0 amide bonds. The highest BCUT2D eigenvalue weighted by Gasteiger charge is 2.34. The van der Waals surface area contributed by atoms with E-state index in [0.29, 0.717) is 12.0 Å². The Labute approximate surface area is 91.3 Å². The summed E-state index contributed by atoms with van der Waals surface area (Å²) in [5.41, 5.74) is -0.990. The van der Waals surface area contributed by atoms with Crippen LogP contribution >= 0.6 is 22.6 Å². The summed E-state index contributed by atoms with van der Waals surface area (Å²) in [5, 5.41) is 18.8. The van der Waals surface area contributed by atoms with Crippen molar-refractivity contribution in [3.05, 3.63) is 21.8 Å². The number of hydrogen-bond donors (Lipinski definition) is 2. The molecule has 0 aromatic heterocycles. The molecule has 0 aliphatic heterocycles. The molecular weight excluding hydrogens is 283 g/mol. The Balaban J connectivity index is 5.18. The first-order valence-corrected chi connectivity index (χ1v) is 5.07. The fourth-order valence-electron chi connectivity index (χ4n) is 1.04. The minimum absolute atomic E-state index is 0.0249. The standard InChI is InChI=1S/C9H13IO3/c1-4-9(13,6(2)3)7(5-10)8(11)12/h5,13H,2,4H2,1,3H3,(H,11,12). The van der Waals surface area contributed by atoms with Crippen LogP contribution in [0, 0.1) is 0 Å². The third-order valence-corrected chi connectivity index (χ3v) is 2.63. The van der Waals surface area contributed by atoms with E-state index in [1.807, 2.05) is 0 Å². The van der Waals surface area contributed by atoms with Gasteiger partial charge in [0.2, 0.25) is 0 Å². The average molecular weight is 296 g/mol. The molecule has 13 heavy (non-hydrogen) atoms. The van der Waals surface area contributed by atoms with Crippen LogP contribution in [0.4, 0.5) is 0 Å². The van der Waals surface area contributed by atoms with Gasteiger partial charge in [0.05, 0.1) is 5.57 Å². The van der Waals surface area contributed by atoms with Crippen molar-refractivity contribution in [3.63, 3.8) is 0 Å². The molecule has 0 rings (SSSR count). The quantitative estimate of drug-likeness (QED) is 0.474.